The van der Waals surface area contributed by atoms with E-state index >= 15 is 0 Å². The van der Waals surface area contributed by atoms with Crippen LogP contribution in [0.15, 0.2) is 57.8 Å². The Morgan fingerprint density at radius 2 is 1.78 bits per heavy atom. The largest absolute Gasteiger partial charge is 0.496 e. The standard InChI is InChI=1S/C24H24N2O5S/c1-28-17-14-21(29-2)18(22(15-17)30-3)13-16-9-10-20(31-16)24(27)26-19-7-4-5-8-23(19)32-12-6-11-25/h4-5,7-10,14-15H,6,12-13H2,1-3H3,(H,26,27). The van der Waals surface area contributed by atoms with Crippen LogP contribution in [0, 0.1) is 11.3 Å². The van der Waals surface area contributed by atoms with E-state index in [2.05, 4.69) is 11.4 Å². The van der Waals surface area contributed by atoms with E-state index in [0.29, 0.717) is 47.3 Å². The minimum Gasteiger partial charge on any atom is -0.496 e. The molecule has 2 aromatic carbocycles. The van der Waals surface area contributed by atoms with Crippen molar-refractivity contribution in [3.8, 4) is 23.3 Å². The van der Waals surface area contributed by atoms with E-state index in [-0.39, 0.29) is 11.7 Å². The Labute approximate surface area is 191 Å². The number of nitrogens with one attached hydrogen (secondary N) is 1. The fourth-order valence-electron chi connectivity index (χ4n) is 3.11. The van der Waals surface area contributed by atoms with E-state index < -0.39 is 0 Å². The molecule has 0 spiro atoms. The summed E-state index contributed by atoms with van der Waals surface area (Å²) in [6, 6.07) is 16.5. The molecular formula is C24H24N2O5S. The molecule has 0 fully saturated rings. The quantitative estimate of drug-likeness (QED) is 0.336. The zero-order valence-corrected chi connectivity index (χ0v) is 19.0. The molecule has 1 N–H and O–H groups in total. The lowest BCUT2D eigenvalue weighted by Gasteiger charge is -2.14. The second-order valence-electron chi connectivity index (χ2n) is 6.66. The molecule has 3 rings (SSSR count). The smallest absolute Gasteiger partial charge is 0.291 e. The summed E-state index contributed by atoms with van der Waals surface area (Å²) in [5.74, 6) is 2.92. The van der Waals surface area contributed by atoms with Crippen LogP contribution in [0.5, 0.6) is 17.2 Å². The zero-order chi connectivity index (χ0) is 22.9. The first-order chi connectivity index (χ1) is 15.6. The van der Waals surface area contributed by atoms with Crippen molar-refractivity contribution in [1.82, 2.24) is 0 Å². The number of hydrogen-bond donors (Lipinski definition) is 1. The van der Waals surface area contributed by atoms with E-state index in [1.54, 1.807) is 45.6 Å². The second kappa shape index (κ2) is 11.2. The number of nitriles is 1. The summed E-state index contributed by atoms with van der Waals surface area (Å²) in [5, 5.41) is 11.6. The predicted molar refractivity (Wildman–Crippen MR) is 123 cm³/mol. The number of anilines is 1. The third-order valence-corrected chi connectivity index (χ3v) is 5.74. The van der Waals surface area contributed by atoms with Crippen LogP contribution >= 0.6 is 11.8 Å². The molecule has 0 bridgehead atoms. The molecule has 0 saturated heterocycles. The maximum absolute atomic E-state index is 12.8. The molecule has 8 heteroatoms. The molecule has 0 radical (unpaired) electrons. The molecular weight excluding hydrogens is 428 g/mol. The van der Waals surface area contributed by atoms with E-state index in [0.717, 1.165) is 10.5 Å². The topological polar surface area (TPSA) is 93.7 Å². The van der Waals surface area contributed by atoms with E-state index in [4.69, 9.17) is 23.9 Å². The van der Waals surface area contributed by atoms with E-state index in [1.807, 2.05) is 24.3 Å². The molecule has 0 atom stereocenters. The fourth-order valence-corrected chi connectivity index (χ4v) is 3.97. The Kier molecular flexibility index (Phi) is 8.06. The number of hydrogen-bond acceptors (Lipinski definition) is 7. The van der Waals surface area contributed by atoms with Crippen LogP contribution in [0.1, 0.15) is 28.3 Å². The summed E-state index contributed by atoms with van der Waals surface area (Å²) in [5.41, 5.74) is 1.47. The van der Waals surface area contributed by atoms with Crippen LogP contribution in [0.25, 0.3) is 0 Å². The lowest BCUT2D eigenvalue weighted by atomic mass is 10.1. The van der Waals surface area contributed by atoms with Gasteiger partial charge in [-0.05, 0) is 24.3 Å². The van der Waals surface area contributed by atoms with Crippen molar-refractivity contribution in [1.29, 1.82) is 5.26 Å². The number of rotatable bonds is 10. The zero-order valence-electron chi connectivity index (χ0n) is 18.1. The van der Waals surface area contributed by atoms with Gasteiger partial charge in [-0.25, -0.2) is 0 Å². The van der Waals surface area contributed by atoms with Gasteiger partial charge < -0.3 is 23.9 Å². The summed E-state index contributed by atoms with van der Waals surface area (Å²) < 4.78 is 22.1. The van der Waals surface area contributed by atoms with Crippen LogP contribution in [-0.4, -0.2) is 33.0 Å². The van der Waals surface area contributed by atoms with Crippen molar-refractivity contribution >= 4 is 23.4 Å². The highest BCUT2D eigenvalue weighted by Gasteiger charge is 2.18. The van der Waals surface area contributed by atoms with Gasteiger partial charge in [0.15, 0.2) is 5.76 Å². The number of furan rings is 1. The van der Waals surface area contributed by atoms with Crippen LogP contribution in [0.4, 0.5) is 5.69 Å². The first-order valence-corrected chi connectivity index (χ1v) is 10.9. The predicted octanol–water partition coefficient (Wildman–Crippen LogP) is 5.15. The van der Waals surface area contributed by atoms with E-state index in [1.165, 1.54) is 11.8 Å². The van der Waals surface area contributed by atoms with Gasteiger partial charge >= 0.3 is 0 Å². The number of carbonyl (C=O) groups excluding carboxylic acids is 1. The molecule has 0 unspecified atom stereocenters. The molecule has 1 amide bonds. The highest BCUT2D eigenvalue weighted by Crippen LogP contribution is 2.36. The molecule has 0 aliphatic heterocycles. The van der Waals surface area contributed by atoms with Crippen molar-refractivity contribution in [3.05, 3.63) is 65.6 Å². The lowest BCUT2D eigenvalue weighted by molar-refractivity contribution is 0.0995. The van der Waals surface area contributed by atoms with Gasteiger partial charge in [0, 0.05) is 41.2 Å². The Balaban J connectivity index is 1.76. The maximum atomic E-state index is 12.8. The number of carbonyl (C=O) groups is 1. The number of thioether (sulfide) groups is 1. The average molecular weight is 453 g/mol. The Hall–Kier alpha value is -3.57. The minimum atomic E-state index is -0.349. The first-order valence-electron chi connectivity index (χ1n) is 9.87. The number of nitrogens with zero attached hydrogens (tertiary/aromatic N) is 1. The molecule has 1 heterocycles. The summed E-state index contributed by atoms with van der Waals surface area (Å²) in [6.07, 6.45) is 0.816. The fraction of sp³-hybridized carbons (Fsp3) is 0.250. The average Bonchev–Trinajstić information content (AvgIpc) is 3.29. The number of benzene rings is 2. The van der Waals surface area contributed by atoms with Gasteiger partial charge in [0.1, 0.15) is 23.0 Å². The first kappa shape index (κ1) is 23.1. The van der Waals surface area contributed by atoms with Gasteiger partial charge in [0.05, 0.1) is 33.1 Å². The summed E-state index contributed by atoms with van der Waals surface area (Å²) in [6.45, 7) is 0. The van der Waals surface area contributed by atoms with Gasteiger partial charge in [-0.2, -0.15) is 5.26 Å². The molecule has 7 nitrogen and oxygen atoms in total. The van der Waals surface area contributed by atoms with Crippen molar-refractivity contribution in [3.63, 3.8) is 0 Å². The van der Waals surface area contributed by atoms with Crippen molar-refractivity contribution in [2.45, 2.75) is 17.7 Å². The monoisotopic (exact) mass is 452 g/mol. The van der Waals surface area contributed by atoms with Gasteiger partial charge in [0.2, 0.25) is 0 Å². The van der Waals surface area contributed by atoms with Gasteiger partial charge in [-0.15, -0.1) is 11.8 Å². The highest BCUT2D eigenvalue weighted by molar-refractivity contribution is 7.99. The maximum Gasteiger partial charge on any atom is 0.291 e. The summed E-state index contributed by atoms with van der Waals surface area (Å²) in [4.78, 5) is 13.7. The Morgan fingerprint density at radius 3 is 2.44 bits per heavy atom. The number of methoxy groups -OCH3 is 3. The SMILES string of the molecule is COc1cc(OC)c(Cc2ccc(C(=O)Nc3ccccc3SCCC#N)o2)c(OC)c1. The molecule has 1 aromatic heterocycles. The van der Waals surface area contributed by atoms with Crippen LogP contribution in [0.2, 0.25) is 0 Å². The molecule has 0 aliphatic rings. The molecule has 166 valence electrons. The molecule has 0 saturated carbocycles. The van der Waals surface area contributed by atoms with Gasteiger partial charge in [-0.1, -0.05) is 12.1 Å². The van der Waals surface area contributed by atoms with Crippen molar-refractivity contribution in [2.75, 3.05) is 32.4 Å². The number of ether oxygens (including phenoxy) is 3. The number of amides is 1. The van der Waals surface area contributed by atoms with Gasteiger partial charge in [-0.3, -0.25) is 4.79 Å². The summed E-state index contributed by atoms with van der Waals surface area (Å²) in [7, 11) is 4.72. The van der Waals surface area contributed by atoms with Crippen LogP contribution in [0.3, 0.4) is 0 Å². The van der Waals surface area contributed by atoms with E-state index in [9.17, 15) is 4.79 Å². The lowest BCUT2D eigenvalue weighted by Crippen LogP contribution is -2.11. The third kappa shape index (κ3) is 5.56. The van der Waals surface area contributed by atoms with Crippen molar-refractivity contribution in [2.24, 2.45) is 0 Å². The Bertz CT molecular complexity index is 1090. The second-order valence-corrected chi connectivity index (χ2v) is 7.80. The number of para-hydroxylation sites is 1. The minimum absolute atomic E-state index is 0.197. The normalized spacial score (nSPS) is 10.3. The summed E-state index contributed by atoms with van der Waals surface area (Å²) >= 11 is 1.52. The van der Waals surface area contributed by atoms with Gasteiger partial charge in [0.25, 0.3) is 5.91 Å². The highest BCUT2D eigenvalue weighted by atomic mass is 32.2. The van der Waals surface area contributed by atoms with Crippen molar-refractivity contribution < 1.29 is 23.4 Å². The molecule has 3 aromatic rings. The van der Waals surface area contributed by atoms with Crippen LogP contribution < -0.4 is 19.5 Å². The molecule has 32 heavy (non-hydrogen) atoms. The molecule has 0 aliphatic carbocycles. The van der Waals surface area contributed by atoms with Crippen LogP contribution in [-0.2, 0) is 6.42 Å². The third-order valence-electron chi connectivity index (χ3n) is 4.66. The Morgan fingerprint density at radius 1 is 1.06 bits per heavy atom.